The second-order valence-electron chi connectivity index (χ2n) is 5.75. The lowest BCUT2D eigenvalue weighted by Gasteiger charge is -2.21. The molecule has 9 heteroatoms. The zero-order valence-corrected chi connectivity index (χ0v) is 16.8. The van der Waals surface area contributed by atoms with Gasteiger partial charge < -0.3 is 4.74 Å². The third-order valence-corrected chi connectivity index (χ3v) is 6.96. The lowest BCUT2D eigenvalue weighted by atomic mass is 10.2. The molecular weight excluding hydrogens is 398 g/mol. The zero-order valence-electron chi connectivity index (χ0n) is 14.4. The van der Waals surface area contributed by atoms with Crippen LogP contribution < -0.4 is 0 Å². The van der Waals surface area contributed by atoms with Gasteiger partial charge in [-0.05, 0) is 44.2 Å². The topological polar surface area (TPSA) is 80.8 Å². The quantitative estimate of drug-likeness (QED) is 0.511. The molecule has 0 radical (unpaired) electrons. The van der Waals surface area contributed by atoms with Gasteiger partial charge in [0.25, 0.3) is 0 Å². The molecule has 2 aromatic rings. The van der Waals surface area contributed by atoms with Crippen molar-refractivity contribution < 1.29 is 22.7 Å². The maximum atomic E-state index is 12.5. The Morgan fingerprint density at radius 1 is 1.23 bits per heavy atom. The highest BCUT2D eigenvalue weighted by Crippen LogP contribution is 2.22. The average molecular weight is 416 g/mol. The average Bonchev–Trinajstić information content (AvgIpc) is 3.05. The van der Waals surface area contributed by atoms with Crippen LogP contribution in [0.3, 0.4) is 0 Å². The van der Waals surface area contributed by atoms with Gasteiger partial charge in [0.1, 0.15) is 0 Å². The summed E-state index contributed by atoms with van der Waals surface area (Å²) in [4.78, 5) is 24.5. The summed E-state index contributed by atoms with van der Waals surface area (Å²) in [6, 6.07) is 8.44. The first-order chi connectivity index (χ1) is 12.1. The van der Waals surface area contributed by atoms with E-state index in [-0.39, 0.29) is 22.3 Å². The molecule has 0 spiro atoms. The molecule has 0 fully saturated rings. The van der Waals surface area contributed by atoms with Crippen LogP contribution in [0.5, 0.6) is 0 Å². The minimum absolute atomic E-state index is 0.0143. The number of carbonyl (C=O) groups is 2. The molecule has 6 nitrogen and oxygen atoms in total. The van der Waals surface area contributed by atoms with Gasteiger partial charge >= 0.3 is 5.97 Å². The number of rotatable bonds is 7. The molecule has 140 valence electrons. The molecule has 0 saturated heterocycles. The molecule has 26 heavy (non-hydrogen) atoms. The largest absolute Gasteiger partial charge is 0.454 e. The first-order valence-electron chi connectivity index (χ1n) is 7.66. The van der Waals surface area contributed by atoms with E-state index < -0.39 is 22.6 Å². The van der Waals surface area contributed by atoms with Gasteiger partial charge in [-0.3, -0.25) is 4.79 Å². The first-order valence-corrected chi connectivity index (χ1v) is 10.3. The minimum atomic E-state index is -3.72. The van der Waals surface area contributed by atoms with Crippen molar-refractivity contribution in [1.29, 1.82) is 0 Å². The number of Topliss-reactive ketones (excluding diaryl/α,β-unsaturated/α-hetero) is 1. The highest BCUT2D eigenvalue weighted by Gasteiger charge is 2.24. The number of esters is 1. The van der Waals surface area contributed by atoms with Crippen molar-refractivity contribution in [3.63, 3.8) is 0 Å². The lowest BCUT2D eigenvalue weighted by molar-refractivity contribution is 0.0475. The Labute approximate surface area is 161 Å². The highest BCUT2D eigenvalue weighted by molar-refractivity contribution is 7.89. The van der Waals surface area contributed by atoms with E-state index in [0.29, 0.717) is 9.21 Å². The van der Waals surface area contributed by atoms with Gasteiger partial charge in [0.15, 0.2) is 6.61 Å². The number of ketones is 1. The van der Waals surface area contributed by atoms with Crippen LogP contribution in [0.25, 0.3) is 0 Å². The molecule has 0 aliphatic rings. The predicted molar refractivity (Wildman–Crippen MR) is 100 cm³/mol. The Morgan fingerprint density at radius 2 is 1.92 bits per heavy atom. The van der Waals surface area contributed by atoms with Crippen molar-refractivity contribution in [2.45, 2.75) is 24.8 Å². The molecule has 1 aromatic heterocycles. The Morgan fingerprint density at radius 3 is 2.50 bits per heavy atom. The van der Waals surface area contributed by atoms with Gasteiger partial charge in [0, 0.05) is 13.1 Å². The van der Waals surface area contributed by atoms with Gasteiger partial charge in [-0.15, -0.1) is 11.3 Å². The summed E-state index contributed by atoms with van der Waals surface area (Å²) in [6.07, 6.45) is 0. The summed E-state index contributed by atoms with van der Waals surface area (Å²) in [5, 5.41) is 0. The fourth-order valence-corrected chi connectivity index (χ4v) is 4.36. The van der Waals surface area contributed by atoms with Crippen molar-refractivity contribution in [2.75, 3.05) is 13.7 Å². The number of carbonyl (C=O) groups excluding carboxylic acids is 2. The lowest BCUT2D eigenvalue weighted by Crippen LogP contribution is -2.33. The Balaban J connectivity index is 2.12. The van der Waals surface area contributed by atoms with Gasteiger partial charge in [0.2, 0.25) is 15.8 Å². The van der Waals surface area contributed by atoms with Crippen LogP contribution in [0.1, 0.15) is 33.9 Å². The predicted octanol–water partition coefficient (Wildman–Crippen LogP) is 3.47. The van der Waals surface area contributed by atoms with Crippen LogP contribution in [0.2, 0.25) is 4.34 Å². The smallest absolute Gasteiger partial charge is 0.338 e. The number of nitrogens with zero attached hydrogens (tertiary/aromatic N) is 1. The third-order valence-electron chi connectivity index (χ3n) is 3.66. The van der Waals surface area contributed by atoms with Gasteiger partial charge in [-0.2, -0.15) is 4.31 Å². The van der Waals surface area contributed by atoms with Crippen LogP contribution in [0.4, 0.5) is 0 Å². The Kier molecular flexibility index (Phi) is 6.57. The standard InChI is InChI=1S/C17H18ClNO5S2/c1-11(2)19(3)26(22,23)13-6-4-5-12(9-13)17(21)24-10-14(20)15-7-8-16(18)25-15/h4-9,11H,10H2,1-3H3. The van der Waals surface area contributed by atoms with Crippen molar-refractivity contribution in [3.8, 4) is 0 Å². The monoisotopic (exact) mass is 415 g/mol. The molecule has 0 N–H and O–H groups in total. The Hall–Kier alpha value is -1.74. The van der Waals surface area contributed by atoms with E-state index >= 15 is 0 Å². The summed E-state index contributed by atoms with van der Waals surface area (Å²) < 4.78 is 31.7. The second-order valence-corrected chi connectivity index (χ2v) is 9.46. The van der Waals surface area contributed by atoms with E-state index in [1.165, 1.54) is 35.6 Å². The molecule has 0 atom stereocenters. The van der Waals surface area contributed by atoms with Crippen molar-refractivity contribution in [3.05, 3.63) is 51.2 Å². The molecule has 0 unspecified atom stereocenters. The molecular formula is C17H18ClNO5S2. The highest BCUT2D eigenvalue weighted by atomic mass is 35.5. The SMILES string of the molecule is CC(C)N(C)S(=O)(=O)c1cccc(C(=O)OCC(=O)c2ccc(Cl)s2)c1. The maximum absolute atomic E-state index is 12.5. The number of benzene rings is 1. The molecule has 2 rings (SSSR count). The van der Waals surface area contributed by atoms with E-state index in [1.807, 2.05) is 0 Å². The number of thiophene rings is 1. The summed E-state index contributed by atoms with van der Waals surface area (Å²) in [5.41, 5.74) is 0.0558. The number of halogens is 1. The van der Waals surface area contributed by atoms with Crippen LogP contribution in [0.15, 0.2) is 41.3 Å². The second kappa shape index (κ2) is 8.30. The summed E-state index contributed by atoms with van der Waals surface area (Å²) in [6.45, 7) is 3.05. The van der Waals surface area contributed by atoms with Gasteiger partial charge in [0.05, 0.1) is 19.7 Å². The van der Waals surface area contributed by atoms with Gasteiger partial charge in [-0.1, -0.05) is 17.7 Å². The van der Waals surface area contributed by atoms with Crippen LogP contribution >= 0.6 is 22.9 Å². The molecule has 0 aliphatic heterocycles. The summed E-state index contributed by atoms with van der Waals surface area (Å²) in [7, 11) is -2.25. The maximum Gasteiger partial charge on any atom is 0.338 e. The number of ether oxygens (including phenoxy) is 1. The van der Waals surface area contributed by atoms with E-state index in [4.69, 9.17) is 16.3 Å². The Bertz CT molecular complexity index is 921. The minimum Gasteiger partial charge on any atom is -0.454 e. The van der Waals surface area contributed by atoms with E-state index in [0.717, 1.165) is 11.3 Å². The summed E-state index contributed by atoms with van der Waals surface area (Å²) >= 11 is 6.86. The zero-order chi connectivity index (χ0) is 19.5. The van der Waals surface area contributed by atoms with Gasteiger partial charge in [-0.25, -0.2) is 13.2 Å². The molecule has 0 aliphatic carbocycles. The van der Waals surface area contributed by atoms with E-state index in [2.05, 4.69) is 0 Å². The van der Waals surface area contributed by atoms with Crippen molar-refractivity contribution in [2.24, 2.45) is 0 Å². The number of sulfonamides is 1. The normalized spacial score (nSPS) is 11.8. The summed E-state index contributed by atoms with van der Waals surface area (Å²) in [5.74, 6) is -1.15. The molecule has 1 heterocycles. The first kappa shape index (κ1) is 20.6. The van der Waals surface area contributed by atoms with E-state index in [1.54, 1.807) is 26.0 Å². The van der Waals surface area contributed by atoms with Crippen LogP contribution in [-0.2, 0) is 14.8 Å². The number of hydrogen-bond donors (Lipinski definition) is 0. The number of hydrogen-bond acceptors (Lipinski definition) is 6. The fourth-order valence-electron chi connectivity index (χ4n) is 1.98. The van der Waals surface area contributed by atoms with Crippen molar-refractivity contribution in [1.82, 2.24) is 4.31 Å². The third kappa shape index (κ3) is 4.70. The fraction of sp³-hybridized carbons (Fsp3) is 0.294. The van der Waals surface area contributed by atoms with Crippen LogP contribution in [-0.4, -0.2) is 44.2 Å². The molecule has 0 bridgehead atoms. The van der Waals surface area contributed by atoms with Crippen molar-refractivity contribution >= 4 is 44.7 Å². The van der Waals surface area contributed by atoms with E-state index in [9.17, 15) is 18.0 Å². The molecule has 1 aromatic carbocycles. The molecule has 0 amide bonds. The van der Waals surface area contributed by atoms with Crippen LogP contribution in [0, 0.1) is 0 Å². The molecule has 0 saturated carbocycles.